The molecule has 0 spiro atoms. The normalized spacial score (nSPS) is 10.0. The monoisotopic (exact) mass is 274 g/mol. The third-order valence-electron chi connectivity index (χ3n) is 2.54. The highest BCUT2D eigenvalue weighted by molar-refractivity contribution is 5.69. The number of hydrogen-bond donors (Lipinski definition) is 2. The van der Waals surface area contributed by atoms with Crippen molar-refractivity contribution in [2.24, 2.45) is 0 Å². The standard InChI is InChI=1S/C15H14O5/c16-12-7-4-8-13(15(12)20-10-14(17)18)19-9-11-5-2-1-3-6-11/h1-8,16H,9-10H2,(H,17,18). The second-order valence-corrected chi connectivity index (χ2v) is 4.06. The van der Waals surface area contributed by atoms with E-state index in [1.807, 2.05) is 30.3 Å². The molecule has 0 aliphatic heterocycles. The molecule has 2 aromatic rings. The third kappa shape index (κ3) is 3.65. The van der Waals surface area contributed by atoms with Gasteiger partial charge in [-0.3, -0.25) is 0 Å². The maximum Gasteiger partial charge on any atom is 0.341 e. The minimum atomic E-state index is -1.12. The Morgan fingerprint density at radius 2 is 1.75 bits per heavy atom. The van der Waals surface area contributed by atoms with Crippen molar-refractivity contribution in [2.75, 3.05) is 6.61 Å². The lowest BCUT2D eigenvalue weighted by Crippen LogP contribution is -2.10. The highest BCUT2D eigenvalue weighted by Gasteiger charge is 2.12. The molecule has 0 atom stereocenters. The van der Waals surface area contributed by atoms with Gasteiger partial charge in [0.1, 0.15) is 6.61 Å². The number of rotatable bonds is 6. The van der Waals surface area contributed by atoms with Crippen LogP contribution in [0.3, 0.4) is 0 Å². The lowest BCUT2D eigenvalue weighted by Gasteiger charge is -2.12. The van der Waals surface area contributed by atoms with Gasteiger partial charge in [-0.1, -0.05) is 36.4 Å². The van der Waals surface area contributed by atoms with Crippen LogP contribution in [0.25, 0.3) is 0 Å². The fraction of sp³-hybridized carbons (Fsp3) is 0.133. The molecule has 2 aromatic carbocycles. The Labute approximate surface area is 116 Å². The molecule has 0 aromatic heterocycles. The molecule has 0 heterocycles. The van der Waals surface area contributed by atoms with Gasteiger partial charge in [-0.2, -0.15) is 0 Å². The van der Waals surface area contributed by atoms with E-state index < -0.39 is 12.6 Å². The van der Waals surface area contributed by atoms with E-state index in [0.717, 1.165) is 5.56 Å². The molecule has 0 aliphatic rings. The van der Waals surface area contributed by atoms with Crippen molar-refractivity contribution in [1.82, 2.24) is 0 Å². The Balaban J connectivity index is 2.10. The largest absolute Gasteiger partial charge is 0.504 e. The highest BCUT2D eigenvalue weighted by Crippen LogP contribution is 2.36. The molecule has 5 heteroatoms. The van der Waals surface area contributed by atoms with Crippen LogP contribution in [0, 0.1) is 0 Å². The molecule has 20 heavy (non-hydrogen) atoms. The molecule has 0 fully saturated rings. The molecule has 0 unspecified atom stereocenters. The Kier molecular flexibility index (Phi) is 4.44. The molecule has 0 saturated heterocycles. The van der Waals surface area contributed by atoms with Crippen molar-refractivity contribution in [3.63, 3.8) is 0 Å². The van der Waals surface area contributed by atoms with Crippen LogP contribution in [0.2, 0.25) is 0 Å². The van der Waals surface area contributed by atoms with Crippen LogP contribution in [0.5, 0.6) is 17.2 Å². The van der Waals surface area contributed by atoms with E-state index in [0.29, 0.717) is 12.4 Å². The minimum absolute atomic E-state index is 0.0332. The molecular formula is C15H14O5. The van der Waals surface area contributed by atoms with E-state index in [1.165, 1.54) is 6.07 Å². The van der Waals surface area contributed by atoms with Crippen LogP contribution in [0.1, 0.15) is 5.56 Å². The van der Waals surface area contributed by atoms with E-state index in [2.05, 4.69) is 0 Å². The maximum atomic E-state index is 10.5. The molecule has 104 valence electrons. The van der Waals surface area contributed by atoms with Crippen LogP contribution in [-0.4, -0.2) is 22.8 Å². The Morgan fingerprint density at radius 1 is 1.00 bits per heavy atom. The van der Waals surface area contributed by atoms with Crippen LogP contribution >= 0.6 is 0 Å². The number of benzene rings is 2. The van der Waals surface area contributed by atoms with E-state index in [-0.39, 0.29) is 11.5 Å². The summed E-state index contributed by atoms with van der Waals surface area (Å²) in [5.74, 6) is -0.944. The van der Waals surface area contributed by atoms with Gasteiger partial charge < -0.3 is 19.7 Å². The van der Waals surface area contributed by atoms with Gasteiger partial charge in [0.25, 0.3) is 0 Å². The zero-order chi connectivity index (χ0) is 14.4. The second kappa shape index (κ2) is 6.47. The number of carboxylic acid groups (broad SMARTS) is 1. The lowest BCUT2D eigenvalue weighted by molar-refractivity contribution is -0.139. The van der Waals surface area contributed by atoms with Gasteiger partial charge >= 0.3 is 5.97 Å². The SMILES string of the molecule is O=C(O)COc1c(O)cccc1OCc1ccccc1. The molecule has 2 rings (SSSR count). The van der Waals surface area contributed by atoms with Gasteiger partial charge in [-0.25, -0.2) is 4.79 Å². The fourth-order valence-corrected chi connectivity index (χ4v) is 1.63. The van der Waals surface area contributed by atoms with E-state index in [1.54, 1.807) is 12.1 Å². The van der Waals surface area contributed by atoms with Crippen LogP contribution in [0.15, 0.2) is 48.5 Å². The predicted molar refractivity (Wildman–Crippen MR) is 72.0 cm³/mol. The van der Waals surface area contributed by atoms with Crippen LogP contribution in [-0.2, 0) is 11.4 Å². The number of hydrogen-bond acceptors (Lipinski definition) is 4. The van der Waals surface area contributed by atoms with Crippen LogP contribution in [0.4, 0.5) is 0 Å². The fourth-order valence-electron chi connectivity index (χ4n) is 1.63. The summed E-state index contributed by atoms with van der Waals surface area (Å²) in [6.07, 6.45) is 0. The average Bonchev–Trinajstić information content (AvgIpc) is 2.45. The van der Waals surface area contributed by atoms with Gasteiger partial charge in [0, 0.05) is 0 Å². The van der Waals surface area contributed by atoms with Crippen molar-refractivity contribution in [3.05, 3.63) is 54.1 Å². The molecule has 0 bridgehead atoms. The summed E-state index contributed by atoms with van der Waals surface area (Å²) in [5.41, 5.74) is 0.958. The quantitative estimate of drug-likeness (QED) is 0.846. The predicted octanol–water partition coefficient (Wildman–Crippen LogP) is 2.43. The summed E-state index contributed by atoms with van der Waals surface area (Å²) in [6.45, 7) is -0.243. The minimum Gasteiger partial charge on any atom is -0.504 e. The lowest BCUT2D eigenvalue weighted by atomic mass is 10.2. The maximum absolute atomic E-state index is 10.5. The number of carboxylic acids is 1. The summed E-state index contributed by atoms with van der Waals surface area (Å²) in [7, 11) is 0. The van der Waals surface area contributed by atoms with E-state index in [4.69, 9.17) is 14.6 Å². The summed E-state index contributed by atoms with van der Waals surface area (Å²) >= 11 is 0. The van der Waals surface area contributed by atoms with E-state index in [9.17, 15) is 9.90 Å². The summed E-state index contributed by atoms with van der Waals surface area (Å²) in [4.78, 5) is 10.5. The van der Waals surface area contributed by atoms with Crippen molar-refractivity contribution >= 4 is 5.97 Å². The average molecular weight is 274 g/mol. The summed E-state index contributed by atoms with van der Waals surface area (Å²) < 4.78 is 10.6. The summed E-state index contributed by atoms with van der Waals surface area (Å²) in [6, 6.07) is 14.1. The van der Waals surface area contributed by atoms with Crippen molar-refractivity contribution in [1.29, 1.82) is 0 Å². The van der Waals surface area contributed by atoms with Gasteiger partial charge in [0.2, 0.25) is 5.75 Å². The third-order valence-corrected chi connectivity index (χ3v) is 2.54. The molecule has 0 saturated carbocycles. The van der Waals surface area contributed by atoms with Crippen LogP contribution < -0.4 is 9.47 Å². The van der Waals surface area contributed by atoms with Gasteiger partial charge in [-0.05, 0) is 17.7 Å². The van der Waals surface area contributed by atoms with Gasteiger partial charge in [-0.15, -0.1) is 0 Å². The zero-order valence-corrected chi connectivity index (χ0v) is 10.7. The van der Waals surface area contributed by atoms with E-state index >= 15 is 0 Å². The number of ether oxygens (including phenoxy) is 2. The topological polar surface area (TPSA) is 76.0 Å². The first-order valence-electron chi connectivity index (χ1n) is 6.00. The molecular weight excluding hydrogens is 260 g/mol. The number of phenolic OH excluding ortho intramolecular Hbond substituents is 1. The molecule has 0 aliphatic carbocycles. The van der Waals surface area contributed by atoms with Gasteiger partial charge in [0.05, 0.1) is 0 Å². The van der Waals surface area contributed by atoms with Crippen molar-refractivity contribution in [3.8, 4) is 17.2 Å². The van der Waals surface area contributed by atoms with Gasteiger partial charge in [0.15, 0.2) is 18.1 Å². The highest BCUT2D eigenvalue weighted by atomic mass is 16.5. The van der Waals surface area contributed by atoms with Crippen molar-refractivity contribution < 1.29 is 24.5 Å². The molecule has 0 amide bonds. The number of aliphatic carboxylic acids is 1. The first-order valence-corrected chi connectivity index (χ1v) is 6.00. The van der Waals surface area contributed by atoms with Crippen molar-refractivity contribution in [2.45, 2.75) is 6.61 Å². The number of aromatic hydroxyl groups is 1. The second-order valence-electron chi connectivity index (χ2n) is 4.06. The Bertz CT molecular complexity index is 580. The Morgan fingerprint density at radius 3 is 2.45 bits per heavy atom. The Hall–Kier alpha value is -2.69. The smallest absolute Gasteiger partial charge is 0.341 e. The number of carbonyl (C=O) groups is 1. The summed E-state index contributed by atoms with van der Waals surface area (Å²) in [5, 5.41) is 18.3. The molecule has 0 radical (unpaired) electrons. The molecule has 5 nitrogen and oxygen atoms in total. The molecule has 2 N–H and O–H groups in total. The first-order chi connectivity index (χ1) is 9.66. The number of para-hydroxylation sites is 1. The zero-order valence-electron chi connectivity index (χ0n) is 10.7. The number of phenols is 1. The first kappa shape index (κ1) is 13.7.